The first-order valence-corrected chi connectivity index (χ1v) is 10.9. The second-order valence-corrected chi connectivity index (χ2v) is 8.90. The van der Waals surface area contributed by atoms with E-state index in [0.29, 0.717) is 23.8 Å². The highest BCUT2D eigenvalue weighted by Gasteiger charge is 2.19. The first-order valence-electron chi connectivity index (χ1n) is 8.99. The molecule has 1 aliphatic carbocycles. The molecule has 0 aliphatic heterocycles. The number of aromatic nitrogens is 1. The topological polar surface area (TPSA) is 113 Å². The third-order valence-electron chi connectivity index (χ3n) is 4.49. The van der Waals surface area contributed by atoms with E-state index >= 15 is 0 Å². The van der Waals surface area contributed by atoms with Crippen molar-refractivity contribution in [1.29, 1.82) is 0 Å². The van der Waals surface area contributed by atoms with Crippen LogP contribution in [0.1, 0.15) is 37.9 Å². The van der Waals surface area contributed by atoms with E-state index < -0.39 is 10.0 Å². The highest BCUT2D eigenvalue weighted by Crippen LogP contribution is 2.27. The van der Waals surface area contributed by atoms with E-state index in [0.717, 1.165) is 12.8 Å². The van der Waals surface area contributed by atoms with E-state index in [1.165, 1.54) is 31.0 Å². The largest absolute Gasteiger partial charge is 0.360 e. The summed E-state index contributed by atoms with van der Waals surface area (Å²) >= 11 is 5.16. The Morgan fingerprint density at radius 3 is 2.54 bits per heavy atom. The molecule has 0 radical (unpaired) electrons. The Morgan fingerprint density at radius 1 is 1.25 bits per heavy atom. The average Bonchev–Trinajstić information content (AvgIpc) is 3.26. The Labute approximate surface area is 169 Å². The van der Waals surface area contributed by atoms with Crippen LogP contribution in [-0.2, 0) is 14.8 Å². The second kappa shape index (κ2) is 8.70. The van der Waals surface area contributed by atoms with Crippen molar-refractivity contribution in [3.8, 4) is 0 Å². The predicted molar refractivity (Wildman–Crippen MR) is 109 cm³/mol. The molecule has 28 heavy (non-hydrogen) atoms. The van der Waals surface area contributed by atoms with Crippen LogP contribution in [-0.4, -0.2) is 24.6 Å². The maximum absolute atomic E-state index is 12.4. The van der Waals surface area contributed by atoms with E-state index in [2.05, 4.69) is 20.5 Å². The fourth-order valence-corrected chi connectivity index (χ4v) is 4.36. The Morgan fingerprint density at radius 2 is 1.93 bits per heavy atom. The normalized spacial score (nSPS) is 14.6. The number of amides is 1. The molecule has 2 aromatic rings. The lowest BCUT2D eigenvalue weighted by atomic mass is 10.0. The molecule has 0 atom stereocenters. The number of sulfonamides is 1. The number of hydrogen-bond acceptors (Lipinski definition) is 6. The van der Waals surface area contributed by atoms with Gasteiger partial charge in [0.1, 0.15) is 5.76 Å². The van der Waals surface area contributed by atoms with Crippen LogP contribution in [0.2, 0.25) is 0 Å². The zero-order valence-electron chi connectivity index (χ0n) is 15.4. The van der Waals surface area contributed by atoms with Crippen LogP contribution in [0.15, 0.2) is 39.8 Å². The molecule has 0 bridgehead atoms. The van der Waals surface area contributed by atoms with Gasteiger partial charge in [-0.2, -0.15) is 0 Å². The quantitative estimate of drug-likeness (QED) is 0.613. The molecule has 10 heteroatoms. The molecule has 1 heterocycles. The number of anilines is 2. The Balaban J connectivity index is 1.54. The summed E-state index contributed by atoms with van der Waals surface area (Å²) < 4.78 is 31.9. The van der Waals surface area contributed by atoms with Crippen molar-refractivity contribution >= 4 is 44.8 Å². The molecule has 1 aromatic carbocycles. The third-order valence-corrected chi connectivity index (χ3v) is 6.07. The lowest BCUT2D eigenvalue weighted by Crippen LogP contribution is -2.34. The molecule has 0 spiro atoms. The maximum atomic E-state index is 12.4. The molecule has 1 aromatic heterocycles. The van der Waals surface area contributed by atoms with Crippen LogP contribution in [0.5, 0.6) is 0 Å². The molecule has 1 aliphatic rings. The first kappa shape index (κ1) is 20.3. The average molecular weight is 423 g/mol. The van der Waals surface area contributed by atoms with Gasteiger partial charge in [-0.1, -0.05) is 18.0 Å². The van der Waals surface area contributed by atoms with Gasteiger partial charge in [0.05, 0.1) is 4.90 Å². The van der Waals surface area contributed by atoms with Gasteiger partial charge in [-0.05, 0) is 62.2 Å². The number of thiocarbonyl (C=S) groups is 1. The smallest absolute Gasteiger partial charge is 0.263 e. The van der Waals surface area contributed by atoms with Crippen LogP contribution < -0.4 is 15.4 Å². The van der Waals surface area contributed by atoms with Crippen molar-refractivity contribution in [2.45, 2.75) is 43.9 Å². The van der Waals surface area contributed by atoms with Crippen molar-refractivity contribution < 1.29 is 17.7 Å². The van der Waals surface area contributed by atoms with E-state index in [1.54, 1.807) is 19.1 Å². The van der Waals surface area contributed by atoms with Gasteiger partial charge < -0.3 is 15.2 Å². The summed E-state index contributed by atoms with van der Waals surface area (Å²) in [5, 5.41) is 9.36. The van der Waals surface area contributed by atoms with Gasteiger partial charge in [0.2, 0.25) is 5.91 Å². The molecule has 1 amide bonds. The Kier molecular flexibility index (Phi) is 6.30. The first-order chi connectivity index (χ1) is 13.3. The summed E-state index contributed by atoms with van der Waals surface area (Å²) in [5.41, 5.74) is 0.572. The minimum Gasteiger partial charge on any atom is -0.360 e. The summed E-state index contributed by atoms with van der Waals surface area (Å²) in [4.78, 5) is 12.1. The molecule has 150 valence electrons. The zero-order chi connectivity index (χ0) is 20.1. The molecule has 8 nitrogen and oxygen atoms in total. The fourth-order valence-electron chi connectivity index (χ4n) is 3.15. The van der Waals surface area contributed by atoms with E-state index in [1.807, 2.05) is 0 Å². The lowest BCUT2D eigenvalue weighted by molar-refractivity contribution is -0.120. The lowest BCUT2D eigenvalue weighted by Gasteiger charge is -2.12. The molecule has 3 N–H and O–H groups in total. The highest BCUT2D eigenvalue weighted by atomic mass is 32.2. The van der Waals surface area contributed by atoms with Crippen molar-refractivity contribution in [3.63, 3.8) is 0 Å². The number of benzene rings is 1. The molecule has 1 fully saturated rings. The fraction of sp³-hybridized carbons (Fsp3) is 0.389. The van der Waals surface area contributed by atoms with Crippen molar-refractivity contribution in [2.75, 3.05) is 10.0 Å². The van der Waals surface area contributed by atoms with Crippen LogP contribution in [0.3, 0.4) is 0 Å². The number of hydrogen-bond donors (Lipinski definition) is 3. The summed E-state index contributed by atoms with van der Waals surface area (Å²) in [7, 11) is -3.78. The number of carbonyl (C=O) groups is 1. The minimum absolute atomic E-state index is 0.0647. The van der Waals surface area contributed by atoms with Crippen LogP contribution in [0.4, 0.5) is 11.5 Å². The van der Waals surface area contributed by atoms with Gasteiger partial charge in [-0.3, -0.25) is 9.52 Å². The number of carbonyl (C=O) groups excluding carboxylic acids is 1. The highest BCUT2D eigenvalue weighted by molar-refractivity contribution is 7.92. The SMILES string of the molecule is Cc1cc(NS(=O)(=O)c2ccc(NC(=S)NC(=O)CC3CCCC3)cc2)no1. The van der Waals surface area contributed by atoms with Crippen LogP contribution in [0.25, 0.3) is 0 Å². The Hall–Kier alpha value is -2.46. The zero-order valence-corrected chi connectivity index (χ0v) is 17.0. The maximum Gasteiger partial charge on any atom is 0.263 e. The van der Waals surface area contributed by atoms with Gasteiger partial charge in [0.25, 0.3) is 10.0 Å². The number of aryl methyl sites for hydroxylation is 1. The second-order valence-electron chi connectivity index (χ2n) is 6.81. The summed E-state index contributed by atoms with van der Waals surface area (Å²) in [5.74, 6) is 0.954. The van der Waals surface area contributed by atoms with E-state index in [9.17, 15) is 13.2 Å². The summed E-state index contributed by atoms with van der Waals surface area (Å²) in [6, 6.07) is 7.48. The number of rotatable bonds is 6. The number of nitrogens with zero attached hydrogens (tertiary/aromatic N) is 1. The van der Waals surface area contributed by atoms with Crippen LogP contribution in [0, 0.1) is 12.8 Å². The van der Waals surface area contributed by atoms with Crippen molar-refractivity contribution in [1.82, 2.24) is 10.5 Å². The van der Waals surface area contributed by atoms with E-state index in [4.69, 9.17) is 16.7 Å². The van der Waals surface area contributed by atoms with Crippen molar-refractivity contribution in [3.05, 3.63) is 36.1 Å². The molecule has 0 unspecified atom stereocenters. The van der Waals surface area contributed by atoms with Gasteiger partial charge in [-0.15, -0.1) is 0 Å². The van der Waals surface area contributed by atoms with Gasteiger partial charge >= 0.3 is 0 Å². The minimum atomic E-state index is -3.78. The summed E-state index contributed by atoms with van der Waals surface area (Å²) in [6.45, 7) is 1.67. The molecule has 3 rings (SSSR count). The standard InChI is InChI=1S/C18H22N4O4S2/c1-12-10-16(21-26-12)22-28(24,25)15-8-6-14(7-9-15)19-18(27)20-17(23)11-13-4-2-3-5-13/h6-10,13H,2-5,11H2,1H3,(H,21,22)(H2,19,20,23,27). The van der Waals surface area contributed by atoms with E-state index in [-0.39, 0.29) is 21.7 Å². The van der Waals surface area contributed by atoms with Gasteiger partial charge in [0, 0.05) is 18.2 Å². The number of nitrogens with one attached hydrogen (secondary N) is 3. The molecular weight excluding hydrogens is 400 g/mol. The summed E-state index contributed by atoms with van der Waals surface area (Å²) in [6.07, 6.45) is 5.02. The monoisotopic (exact) mass is 422 g/mol. The predicted octanol–water partition coefficient (Wildman–Crippen LogP) is 3.18. The Bertz CT molecular complexity index is 948. The molecule has 1 saturated carbocycles. The third kappa shape index (κ3) is 5.52. The van der Waals surface area contributed by atoms with Crippen molar-refractivity contribution in [2.24, 2.45) is 5.92 Å². The van der Waals surface area contributed by atoms with Crippen LogP contribution >= 0.6 is 12.2 Å². The molecule has 0 saturated heterocycles. The van der Waals surface area contributed by atoms with Gasteiger partial charge in [-0.25, -0.2) is 8.42 Å². The van der Waals surface area contributed by atoms with Gasteiger partial charge in [0.15, 0.2) is 10.9 Å². The molecular formula is C18H22N4O4S2.